The van der Waals surface area contributed by atoms with Gasteiger partial charge in [-0.1, -0.05) is 0 Å². The van der Waals surface area contributed by atoms with Crippen molar-refractivity contribution in [3.05, 3.63) is 40.2 Å². The minimum atomic E-state index is 0.127. The number of carbonyl (C=O) groups excluding carboxylic acids is 1. The lowest BCUT2D eigenvalue weighted by molar-refractivity contribution is 0.0751. The van der Waals surface area contributed by atoms with Gasteiger partial charge in [-0.3, -0.25) is 4.79 Å². The lowest BCUT2D eigenvalue weighted by Crippen LogP contribution is -2.49. The lowest BCUT2D eigenvalue weighted by Gasteiger charge is -2.35. The molecule has 0 atom stereocenters. The van der Waals surface area contributed by atoms with Crippen molar-refractivity contribution in [3.8, 4) is 0 Å². The summed E-state index contributed by atoms with van der Waals surface area (Å²) in [5, 5.41) is 0. The molecule has 0 saturated carbocycles. The highest BCUT2D eigenvalue weighted by atomic mass is 32.1. The van der Waals surface area contributed by atoms with Gasteiger partial charge in [0.15, 0.2) is 5.82 Å². The smallest absolute Gasteiger partial charge is 0.264 e. The largest absolute Gasteiger partial charge is 0.396 e. The Morgan fingerprint density at radius 2 is 2.00 bits per heavy atom. The highest BCUT2D eigenvalue weighted by Gasteiger charge is 2.24. The van der Waals surface area contributed by atoms with Crippen LogP contribution in [0.25, 0.3) is 0 Å². The van der Waals surface area contributed by atoms with E-state index in [1.807, 2.05) is 36.1 Å². The number of carbonyl (C=O) groups is 1. The molecule has 2 aromatic rings. The van der Waals surface area contributed by atoms with Gasteiger partial charge in [-0.05, 0) is 31.2 Å². The molecule has 2 N–H and O–H groups in total. The van der Waals surface area contributed by atoms with E-state index < -0.39 is 0 Å². The molecule has 1 saturated heterocycles. The second-order valence-corrected chi connectivity index (χ2v) is 6.39. The zero-order valence-corrected chi connectivity index (χ0v) is 12.8. The first-order valence-corrected chi connectivity index (χ1v) is 7.78. The van der Waals surface area contributed by atoms with Crippen molar-refractivity contribution in [1.29, 1.82) is 0 Å². The number of aromatic nitrogens is 1. The van der Waals surface area contributed by atoms with Crippen LogP contribution in [-0.2, 0) is 0 Å². The van der Waals surface area contributed by atoms with Crippen LogP contribution in [0.5, 0.6) is 0 Å². The van der Waals surface area contributed by atoms with E-state index in [9.17, 15) is 4.79 Å². The number of hydrogen-bond acceptors (Lipinski definition) is 5. The number of anilines is 2. The van der Waals surface area contributed by atoms with Crippen LogP contribution in [0.4, 0.5) is 11.5 Å². The highest BCUT2D eigenvalue weighted by molar-refractivity contribution is 7.13. The molecule has 3 rings (SSSR count). The lowest BCUT2D eigenvalue weighted by atomic mass is 10.2. The van der Waals surface area contributed by atoms with Crippen molar-refractivity contribution in [2.45, 2.75) is 6.92 Å². The Hall–Kier alpha value is -2.08. The third-order valence-corrected chi connectivity index (χ3v) is 4.62. The molecule has 2 aromatic heterocycles. The molecule has 6 heteroatoms. The standard InChI is InChI=1S/C15H18N4OS/c1-11-4-5-13(21-11)15(20)19-9-7-18(8-10-19)14-12(16)3-2-6-17-14/h2-6H,7-10,16H2,1H3. The Kier molecular flexibility index (Phi) is 3.79. The zero-order chi connectivity index (χ0) is 14.8. The van der Waals surface area contributed by atoms with E-state index in [0.29, 0.717) is 18.8 Å². The molecular formula is C15H18N4OS. The second-order valence-electron chi connectivity index (χ2n) is 5.11. The summed E-state index contributed by atoms with van der Waals surface area (Å²) in [4.78, 5) is 22.8. The van der Waals surface area contributed by atoms with E-state index in [-0.39, 0.29) is 5.91 Å². The van der Waals surface area contributed by atoms with Crippen molar-refractivity contribution in [2.75, 3.05) is 36.8 Å². The highest BCUT2D eigenvalue weighted by Crippen LogP contribution is 2.22. The third-order valence-electron chi connectivity index (χ3n) is 3.63. The van der Waals surface area contributed by atoms with E-state index in [0.717, 1.165) is 23.8 Å². The number of amides is 1. The number of piperazine rings is 1. The van der Waals surface area contributed by atoms with Crippen molar-refractivity contribution in [3.63, 3.8) is 0 Å². The minimum absolute atomic E-state index is 0.127. The van der Waals surface area contributed by atoms with Crippen LogP contribution in [0, 0.1) is 6.92 Å². The number of pyridine rings is 1. The molecule has 0 bridgehead atoms. The minimum Gasteiger partial charge on any atom is -0.396 e. The number of nitrogen functional groups attached to an aromatic ring is 1. The van der Waals surface area contributed by atoms with E-state index in [4.69, 9.17) is 5.73 Å². The van der Waals surface area contributed by atoms with Gasteiger partial charge in [-0.25, -0.2) is 4.98 Å². The quantitative estimate of drug-likeness (QED) is 0.921. The normalized spacial score (nSPS) is 15.3. The number of hydrogen-bond donors (Lipinski definition) is 1. The van der Waals surface area contributed by atoms with E-state index in [1.54, 1.807) is 17.5 Å². The van der Waals surface area contributed by atoms with Gasteiger partial charge in [-0.2, -0.15) is 0 Å². The molecular weight excluding hydrogens is 284 g/mol. The summed E-state index contributed by atoms with van der Waals surface area (Å²) in [7, 11) is 0. The Morgan fingerprint density at radius 1 is 1.24 bits per heavy atom. The zero-order valence-electron chi connectivity index (χ0n) is 12.0. The van der Waals surface area contributed by atoms with Gasteiger partial charge in [0.2, 0.25) is 0 Å². The second kappa shape index (κ2) is 5.73. The molecule has 0 aliphatic carbocycles. The Bertz CT molecular complexity index is 647. The molecule has 0 unspecified atom stereocenters. The van der Waals surface area contributed by atoms with E-state index in [1.165, 1.54) is 4.88 Å². The van der Waals surface area contributed by atoms with Gasteiger partial charge in [0.05, 0.1) is 10.6 Å². The molecule has 3 heterocycles. The SMILES string of the molecule is Cc1ccc(C(=O)N2CCN(c3ncccc3N)CC2)s1. The Morgan fingerprint density at radius 3 is 2.62 bits per heavy atom. The summed E-state index contributed by atoms with van der Waals surface area (Å²) >= 11 is 1.55. The van der Waals surface area contributed by atoms with Gasteiger partial charge >= 0.3 is 0 Å². The number of nitrogens with zero attached hydrogens (tertiary/aromatic N) is 3. The molecule has 0 radical (unpaired) electrons. The fourth-order valence-corrected chi connectivity index (χ4v) is 3.34. The molecule has 1 fully saturated rings. The van der Waals surface area contributed by atoms with Crippen LogP contribution in [-0.4, -0.2) is 42.0 Å². The van der Waals surface area contributed by atoms with E-state index in [2.05, 4.69) is 9.88 Å². The summed E-state index contributed by atoms with van der Waals surface area (Å²) in [6, 6.07) is 7.58. The van der Waals surface area contributed by atoms with Crippen LogP contribution in [0.3, 0.4) is 0 Å². The molecule has 110 valence electrons. The third kappa shape index (κ3) is 2.85. The van der Waals surface area contributed by atoms with Crippen LogP contribution >= 0.6 is 11.3 Å². The average Bonchev–Trinajstić information content (AvgIpc) is 2.94. The topological polar surface area (TPSA) is 62.5 Å². The first-order valence-electron chi connectivity index (χ1n) is 6.96. The molecule has 0 aromatic carbocycles. The summed E-state index contributed by atoms with van der Waals surface area (Å²) in [5.74, 6) is 0.943. The van der Waals surface area contributed by atoms with Crippen molar-refractivity contribution < 1.29 is 4.79 Å². The summed E-state index contributed by atoms with van der Waals surface area (Å²) in [5.41, 5.74) is 6.64. The monoisotopic (exact) mass is 302 g/mol. The van der Waals surface area contributed by atoms with Crippen molar-refractivity contribution in [1.82, 2.24) is 9.88 Å². The van der Waals surface area contributed by atoms with Crippen LogP contribution < -0.4 is 10.6 Å². The van der Waals surface area contributed by atoms with Gasteiger partial charge < -0.3 is 15.5 Å². The first-order chi connectivity index (χ1) is 10.1. The molecule has 1 aliphatic heterocycles. The number of thiophene rings is 1. The number of nitrogens with two attached hydrogens (primary N) is 1. The van der Waals surface area contributed by atoms with Gasteiger partial charge in [0.1, 0.15) is 0 Å². The molecule has 5 nitrogen and oxygen atoms in total. The molecule has 1 amide bonds. The summed E-state index contributed by atoms with van der Waals surface area (Å²) in [6.45, 7) is 4.94. The summed E-state index contributed by atoms with van der Waals surface area (Å²) < 4.78 is 0. The van der Waals surface area contributed by atoms with Crippen molar-refractivity contribution in [2.24, 2.45) is 0 Å². The van der Waals surface area contributed by atoms with Gasteiger partial charge in [0.25, 0.3) is 5.91 Å². The van der Waals surface area contributed by atoms with E-state index >= 15 is 0 Å². The van der Waals surface area contributed by atoms with Gasteiger partial charge in [-0.15, -0.1) is 11.3 Å². The summed E-state index contributed by atoms with van der Waals surface area (Å²) in [6.07, 6.45) is 1.75. The molecule has 0 spiro atoms. The Labute approximate surface area is 128 Å². The van der Waals surface area contributed by atoms with Gasteiger partial charge in [0, 0.05) is 37.3 Å². The fourth-order valence-electron chi connectivity index (χ4n) is 2.50. The first kappa shape index (κ1) is 13.9. The molecule has 1 aliphatic rings. The van der Waals surface area contributed by atoms with Crippen LogP contribution in [0.2, 0.25) is 0 Å². The maximum absolute atomic E-state index is 12.4. The average molecular weight is 302 g/mol. The van der Waals surface area contributed by atoms with Crippen molar-refractivity contribution >= 4 is 28.7 Å². The maximum Gasteiger partial charge on any atom is 0.264 e. The number of rotatable bonds is 2. The fraction of sp³-hybridized carbons (Fsp3) is 0.333. The Balaban J connectivity index is 1.65. The predicted molar refractivity (Wildman–Crippen MR) is 85.8 cm³/mol. The van der Waals surface area contributed by atoms with Crippen LogP contribution in [0.15, 0.2) is 30.5 Å². The maximum atomic E-state index is 12.4. The molecule has 21 heavy (non-hydrogen) atoms. The number of aryl methyl sites for hydroxylation is 1. The predicted octanol–water partition coefficient (Wildman–Crippen LogP) is 2.00. The van der Waals surface area contributed by atoms with Crippen LogP contribution in [0.1, 0.15) is 14.5 Å².